The number of Topliss-reactive ketones (excluding diaryl/α,β-unsaturated/α-hetero) is 1. The molecule has 35 heavy (non-hydrogen) atoms. The van der Waals surface area contributed by atoms with E-state index in [9.17, 15) is 4.79 Å². The molecule has 0 fully saturated rings. The van der Waals surface area contributed by atoms with Crippen molar-refractivity contribution in [2.24, 2.45) is 0 Å². The van der Waals surface area contributed by atoms with Crippen LogP contribution in [0.25, 0.3) is 16.8 Å². The van der Waals surface area contributed by atoms with E-state index in [1.807, 2.05) is 60.7 Å². The number of ketones is 1. The number of methoxy groups -OCH3 is 2. The van der Waals surface area contributed by atoms with Gasteiger partial charge in [-0.3, -0.25) is 4.79 Å². The molecule has 0 bridgehead atoms. The molecule has 4 heteroatoms. The van der Waals surface area contributed by atoms with Gasteiger partial charge in [0.2, 0.25) is 0 Å². The number of aryl methyl sites for hydroxylation is 1. The second kappa shape index (κ2) is 8.31. The number of rotatable bonds is 4. The number of hydrogen-bond acceptors (Lipinski definition) is 4. The van der Waals surface area contributed by atoms with Crippen LogP contribution >= 0.6 is 0 Å². The van der Waals surface area contributed by atoms with Gasteiger partial charge >= 0.3 is 0 Å². The van der Waals surface area contributed by atoms with Crippen LogP contribution in [0, 0.1) is 0 Å². The van der Waals surface area contributed by atoms with Crippen LogP contribution in [0.2, 0.25) is 0 Å². The molecule has 1 aliphatic heterocycles. The highest BCUT2D eigenvalue weighted by Gasteiger charge is 2.40. The first-order chi connectivity index (χ1) is 17.1. The average Bonchev–Trinajstić information content (AvgIpc) is 2.93. The van der Waals surface area contributed by atoms with E-state index in [1.54, 1.807) is 14.2 Å². The fourth-order valence-corrected chi connectivity index (χ4v) is 5.45. The van der Waals surface area contributed by atoms with Crippen molar-refractivity contribution in [3.63, 3.8) is 0 Å². The summed E-state index contributed by atoms with van der Waals surface area (Å²) in [5.74, 6) is 2.51. The lowest BCUT2D eigenvalue weighted by Gasteiger charge is -2.38. The van der Waals surface area contributed by atoms with Crippen LogP contribution in [0.5, 0.6) is 17.2 Å². The molecule has 0 unspecified atom stereocenters. The molecule has 174 valence electrons. The third-order valence-electron chi connectivity index (χ3n) is 7.21. The van der Waals surface area contributed by atoms with Gasteiger partial charge in [-0.05, 0) is 60.2 Å². The lowest BCUT2D eigenvalue weighted by Crippen LogP contribution is -2.35. The number of ether oxygens (including phenoxy) is 3. The number of hydrogen-bond donors (Lipinski definition) is 0. The Kier molecular flexibility index (Phi) is 5.10. The highest BCUT2D eigenvalue weighted by Crippen LogP contribution is 2.48. The van der Waals surface area contributed by atoms with Crippen molar-refractivity contribution in [3.05, 3.63) is 107 Å². The Balaban J connectivity index is 1.62. The number of carbonyl (C=O) groups excluding carboxylic acids is 1. The molecular weight excluding hydrogens is 436 g/mol. The summed E-state index contributed by atoms with van der Waals surface area (Å²) in [5.41, 5.74) is 3.92. The first kappa shape index (κ1) is 21.5. The highest BCUT2D eigenvalue weighted by molar-refractivity contribution is 6.10. The summed E-state index contributed by atoms with van der Waals surface area (Å²) in [6.45, 7) is 0. The minimum Gasteiger partial charge on any atom is -0.497 e. The van der Waals surface area contributed by atoms with E-state index in [1.165, 1.54) is 0 Å². The highest BCUT2D eigenvalue weighted by atomic mass is 16.5. The van der Waals surface area contributed by atoms with Crippen molar-refractivity contribution in [1.29, 1.82) is 0 Å². The van der Waals surface area contributed by atoms with E-state index < -0.39 is 5.60 Å². The van der Waals surface area contributed by atoms with E-state index in [4.69, 9.17) is 14.2 Å². The monoisotopic (exact) mass is 462 g/mol. The number of carbonyl (C=O) groups is 1. The molecule has 0 N–H and O–H groups in total. The average molecular weight is 463 g/mol. The van der Waals surface area contributed by atoms with Gasteiger partial charge in [-0.25, -0.2) is 0 Å². The molecule has 6 rings (SSSR count). The van der Waals surface area contributed by atoms with Gasteiger partial charge < -0.3 is 14.2 Å². The third kappa shape index (κ3) is 3.32. The van der Waals surface area contributed by atoms with Gasteiger partial charge in [0.15, 0.2) is 11.4 Å². The van der Waals surface area contributed by atoms with Gasteiger partial charge in [0.1, 0.15) is 17.2 Å². The zero-order valence-corrected chi connectivity index (χ0v) is 19.8. The summed E-state index contributed by atoms with van der Waals surface area (Å²) in [4.78, 5) is 13.1. The molecule has 4 nitrogen and oxygen atoms in total. The molecule has 0 atom stereocenters. The molecule has 0 radical (unpaired) electrons. The van der Waals surface area contributed by atoms with E-state index in [0.29, 0.717) is 6.42 Å². The Bertz CT molecular complexity index is 1420. The first-order valence-corrected chi connectivity index (χ1v) is 11.9. The Labute approximate surface area is 204 Å². The molecule has 1 aliphatic carbocycles. The minimum absolute atomic E-state index is 0.197. The normalized spacial score (nSPS) is 15.8. The van der Waals surface area contributed by atoms with Crippen molar-refractivity contribution in [1.82, 2.24) is 0 Å². The zero-order valence-electron chi connectivity index (χ0n) is 19.8. The summed E-state index contributed by atoms with van der Waals surface area (Å²) in [6.07, 6.45) is 6.54. The maximum atomic E-state index is 13.1. The Hall–Kier alpha value is -4.05. The molecule has 0 amide bonds. The van der Waals surface area contributed by atoms with E-state index >= 15 is 0 Å². The fraction of sp³-hybridized carbons (Fsp3) is 0.194. The number of benzene rings is 4. The molecule has 0 saturated carbocycles. The fourth-order valence-electron chi connectivity index (χ4n) is 5.45. The molecule has 4 aromatic rings. The van der Waals surface area contributed by atoms with E-state index in [2.05, 4.69) is 24.3 Å². The maximum absolute atomic E-state index is 13.1. The molecule has 0 saturated heterocycles. The molecule has 0 aromatic heterocycles. The van der Waals surface area contributed by atoms with Crippen molar-refractivity contribution in [2.75, 3.05) is 14.2 Å². The second-order valence-corrected chi connectivity index (χ2v) is 9.05. The van der Waals surface area contributed by atoms with Gasteiger partial charge in [0, 0.05) is 34.1 Å². The van der Waals surface area contributed by atoms with Crippen molar-refractivity contribution < 1.29 is 19.0 Å². The Morgan fingerprint density at radius 3 is 1.97 bits per heavy atom. The van der Waals surface area contributed by atoms with Gasteiger partial charge in [0.05, 0.1) is 14.2 Å². The lowest BCUT2D eigenvalue weighted by molar-refractivity contribution is 0.0970. The summed E-state index contributed by atoms with van der Waals surface area (Å²) < 4.78 is 17.8. The standard InChI is InChI=1S/C31H26O4/c1-33-22-14-10-20(11-15-22)31(21-12-16-23(34-2)17-13-21)19-18-27-29-25(8-5-9-28(29)32)24-6-3-4-7-26(24)30(27)35-31/h3-4,6-7,10-19H,5,8-9H2,1-2H3. The largest absolute Gasteiger partial charge is 0.497 e. The van der Waals surface area contributed by atoms with E-state index in [-0.39, 0.29) is 5.78 Å². The van der Waals surface area contributed by atoms with Crippen LogP contribution in [-0.2, 0) is 12.0 Å². The topological polar surface area (TPSA) is 44.8 Å². The lowest BCUT2D eigenvalue weighted by atomic mass is 9.79. The van der Waals surface area contributed by atoms with Crippen LogP contribution < -0.4 is 14.2 Å². The van der Waals surface area contributed by atoms with Crippen LogP contribution in [0.15, 0.2) is 78.9 Å². The molecular formula is C31H26O4. The summed E-state index contributed by atoms with van der Waals surface area (Å²) in [5, 5.41) is 2.13. The van der Waals surface area contributed by atoms with Gasteiger partial charge in [-0.1, -0.05) is 48.5 Å². The van der Waals surface area contributed by atoms with Crippen LogP contribution in [0.4, 0.5) is 0 Å². The zero-order chi connectivity index (χ0) is 24.0. The third-order valence-corrected chi connectivity index (χ3v) is 7.21. The van der Waals surface area contributed by atoms with Crippen molar-refractivity contribution in [2.45, 2.75) is 24.9 Å². The minimum atomic E-state index is -0.875. The van der Waals surface area contributed by atoms with Gasteiger partial charge in [0.25, 0.3) is 0 Å². The Morgan fingerprint density at radius 2 is 1.37 bits per heavy atom. The molecule has 2 aliphatic rings. The Morgan fingerprint density at radius 1 is 0.771 bits per heavy atom. The van der Waals surface area contributed by atoms with Crippen LogP contribution in [0.3, 0.4) is 0 Å². The maximum Gasteiger partial charge on any atom is 0.178 e. The smallest absolute Gasteiger partial charge is 0.178 e. The van der Waals surface area contributed by atoms with Crippen molar-refractivity contribution >= 4 is 22.6 Å². The molecule has 1 heterocycles. The predicted molar refractivity (Wildman–Crippen MR) is 138 cm³/mol. The molecule has 4 aromatic carbocycles. The van der Waals surface area contributed by atoms with Crippen LogP contribution in [0.1, 0.15) is 45.5 Å². The quantitative estimate of drug-likeness (QED) is 0.337. The van der Waals surface area contributed by atoms with E-state index in [0.717, 1.165) is 68.7 Å². The first-order valence-electron chi connectivity index (χ1n) is 11.9. The second-order valence-electron chi connectivity index (χ2n) is 9.05. The predicted octanol–water partition coefficient (Wildman–Crippen LogP) is 6.73. The van der Waals surface area contributed by atoms with Gasteiger partial charge in [-0.15, -0.1) is 0 Å². The summed E-state index contributed by atoms with van der Waals surface area (Å²) >= 11 is 0. The van der Waals surface area contributed by atoms with Crippen molar-refractivity contribution in [3.8, 4) is 17.2 Å². The SMILES string of the molecule is COc1ccc(C2(c3ccc(OC)cc3)C=Cc3c4c(c5ccccc5c3O2)CCCC4=O)cc1. The number of fused-ring (bicyclic) bond motifs is 6. The van der Waals surface area contributed by atoms with Crippen LogP contribution in [-0.4, -0.2) is 20.0 Å². The molecule has 0 spiro atoms. The summed E-state index contributed by atoms with van der Waals surface area (Å²) in [7, 11) is 3.32. The van der Waals surface area contributed by atoms with Gasteiger partial charge in [-0.2, -0.15) is 0 Å². The summed E-state index contributed by atoms with van der Waals surface area (Å²) in [6, 6.07) is 24.2.